The molecule has 6 nitrogen and oxygen atoms in total. The molecular formula is C20H29NO5S. The van der Waals surface area contributed by atoms with Crippen molar-refractivity contribution in [1.82, 2.24) is 4.48 Å². The molecule has 2 atom stereocenters. The summed E-state index contributed by atoms with van der Waals surface area (Å²) in [5.41, 5.74) is 3.65. The molecule has 3 rings (SSSR count). The summed E-state index contributed by atoms with van der Waals surface area (Å²) in [6.45, 7) is 4.52. The fourth-order valence-electron chi connectivity index (χ4n) is 4.09. The van der Waals surface area contributed by atoms with E-state index in [9.17, 15) is 17.8 Å². The van der Waals surface area contributed by atoms with Crippen LogP contribution >= 0.6 is 0 Å². The largest absolute Gasteiger partial charge is 0.726 e. The highest BCUT2D eigenvalue weighted by Crippen LogP contribution is 2.58. The van der Waals surface area contributed by atoms with Crippen LogP contribution in [0.4, 0.5) is 5.69 Å². The molecular weight excluding hydrogens is 366 g/mol. The number of carbonyl (C=O) groups is 1. The molecule has 1 aromatic rings. The van der Waals surface area contributed by atoms with Gasteiger partial charge in [0.15, 0.2) is 5.78 Å². The number of ketones is 1. The van der Waals surface area contributed by atoms with E-state index in [1.807, 2.05) is 0 Å². The first-order chi connectivity index (χ1) is 12.3. The Morgan fingerprint density at radius 3 is 1.96 bits per heavy atom. The number of allylic oxidation sites excluding steroid dienone is 1. The normalized spacial score (nSPS) is 25.4. The minimum atomic E-state index is -4.41. The van der Waals surface area contributed by atoms with E-state index in [1.54, 1.807) is 0 Å². The van der Waals surface area contributed by atoms with Crippen LogP contribution in [0.3, 0.4) is 0 Å². The first kappa shape index (κ1) is 21.8. The second-order valence-corrected chi connectivity index (χ2v) is 9.80. The van der Waals surface area contributed by atoms with Gasteiger partial charge in [-0.3, -0.25) is 13.5 Å². The molecule has 150 valence electrons. The van der Waals surface area contributed by atoms with Crippen molar-refractivity contribution in [3.63, 3.8) is 0 Å². The van der Waals surface area contributed by atoms with Gasteiger partial charge in [-0.1, -0.05) is 13.8 Å². The van der Waals surface area contributed by atoms with E-state index >= 15 is 0 Å². The molecule has 0 N–H and O–H groups in total. The fourth-order valence-corrected chi connectivity index (χ4v) is 4.09. The lowest BCUT2D eigenvalue weighted by molar-refractivity contribution is -0.119. The van der Waals surface area contributed by atoms with Crippen LogP contribution < -0.4 is 4.48 Å². The highest BCUT2D eigenvalue weighted by atomic mass is 32.3. The Morgan fingerprint density at radius 1 is 1.11 bits per heavy atom. The smallest absolute Gasteiger partial charge is 0.217 e. The molecule has 0 amide bonds. The maximum atomic E-state index is 12.5. The van der Waals surface area contributed by atoms with E-state index < -0.39 is 10.4 Å². The quantitative estimate of drug-likeness (QED) is 0.340. The number of carbonyl (C=O) groups excluding carboxylic acids is 1. The summed E-state index contributed by atoms with van der Waals surface area (Å²) in [5, 5.41) is 0. The number of nitrogens with zero attached hydrogens (tertiary/aromatic N) is 1. The molecule has 2 aliphatic carbocycles. The highest BCUT2D eigenvalue weighted by Gasteiger charge is 2.55. The summed E-state index contributed by atoms with van der Waals surface area (Å²) in [7, 11) is 2.88. The SMILES string of the molecule is CC1(C)C2CCC1/C(=C/c1ccc([N+](C)(C)C)cc1)C2=O.COS(=O)(=O)[O-]. The first-order valence-corrected chi connectivity index (χ1v) is 10.3. The lowest BCUT2D eigenvalue weighted by atomic mass is 9.81. The van der Waals surface area contributed by atoms with Gasteiger partial charge in [0.1, 0.15) is 5.69 Å². The number of fused-ring (bicyclic) bond motifs is 2. The van der Waals surface area contributed by atoms with Gasteiger partial charge in [-0.25, -0.2) is 8.42 Å². The van der Waals surface area contributed by atoms with Gasteiger partial charge in [0.05, 0.1) is 28.3 Å². The first-order valence-electron chi connectivity index (χ1n) is 8.96. The van der Waals surface area contributed by atoms with Gasteiger partial charge >= 0.3 is 0 Å². The number of rotatable bonds is 3. The zero-order valence-electron chi connectivity index (χ0n) is 16.9. The Labute approximate surface area is 162 Å². The van der Waals surface area contributed by atoms with Gasteiger partial charge < -0.3 is 4.55 Å². The van der Waals surface area contributed by atoms with Crippen molar-refractivity contribution in [3.05, 3.63) is 35.4 Å². The molecule has 0 heterocycles. The summed E-state index contributed by atoms with van der Waals surface area (Å²) >= 11 is 0. The Bertz CT molecular complexity index is 832. The monoisotopic (exact) mass is 395 g/mol. The van der Waals surface area contributed by atoms with E-state index in [4.69, 9.17) is 0 Å². The van der Waals surface area contributed by atoms with Crippen LogP contribution in [-0.2, 0) is 19.4 Å². The van der Waals surface area contributed by atoms with Crippen molar-refractivity contribution in [1.29, 1.82) is 0 Å². The van der Waals surface area contributed by atoms with E-state index in [0.29, 0.717) is 11.7 Å². The van der Waals surface area contributed by atoms with Crippen molar-refractivity contribution in [2.24, 2.45) is 17.3 Å². The van der Waals surface area contributed by atoms with Gasteiger partial charge in [-0.2, -0.15) is 0 Å². The van der Waals surface area contributed by atoms with Gasteiger partial charge in [-0.05, 0) is 65.7 Å². The molecule has 2 saturated carbocycles. The predicted octanol–water partition coefficient (Wildman–Crippen LogP) is 2.99. The van der Waals surface area contributed by atoms with Crippen molar-refractivity contribution in [2.45, 2.75) is 26.7 Å². The molecule has 0 spiro atoms. The number of hydrogen-bond donors (Lipinski definition) is 0. The van der Waals surface area contributed by atoms with Crippen LogP contribution in [0.2, 0.25) is 0 Å². The fraction of sp³-hybridized carbons (Fsp3) is 0.550. The minimum Gasteiger partial charge on any atom is -0.726 e. The van der Waals surface area contributed by atoms with Gasteiger partial charge in [-0.15, -0.1) is 0 Å². The topological polar surface area (TPSA) is 83.5 Å². The van der Waals surface area contributed by atoms with Crippen LogP contribution in [0.25, 0.3) is 6.08 Å². The number of hydrogen-bond acceptors (Lipinski definition) is 5. The average molecular weight is 396 g/mol. The maximum absolute atomic E-state index is 12.5. The van der Waals surface area contributed by atoms with Crippen LogP contribution in [0, 0.1) is 17.3 Å². The predicted molar refractivity (Wildman–Crippen MR) is 106 cm³/mol. The zero-order valence-corrected chi connectivity index (χ0v) is 17.7. The summed E-state index contributed by atoms with van der Waals surface area (Å²) in [4.78, 5) is 12.5. The Hall–Kier alpha value is -1.54. The average Bonchev–Trinajstić information content (AvgIpc) is 2.94. The summed E-state index contributed by atoms with van der Waals surface area (Å²) in [6.07, 6.45) is 4.38. The van der Waals surface area contributed by atoms with Crippen LogP contribution in [-0.4, -0.2) is 47.0 Å². The highest BCUT2D eigenvalue weighted by molar-refractivity contribution is 7.80. The molecule has 0 aromatic heterocycles. The number of quaternary nitrogens is 1. The van der Waals surface area contributed by atoms with Gasteiger partial charge in [0.2, 0.25) is 10.4 Å². The van der Waals surface area contributed by atoms with Crippen LogP contribution in [0.5, 0.6) is 0 Å². The van der Waals surface area contributed by atoms with Crippen molar-refractivity contribution < 1.29 is 21.9 Å². The lowest BCUT2D eigenvalue weighted by Gasteiger charge is -2.23. The summed E-state index contributed by atoms with van der Waals surface area (Å²) in [6, 6.07) is 8.60. The third kappa shape index (κ3) is 4.85. The number of Topliss-reactive ketones (excluding diaryl/α,β-unsaturated/α-hetero) is 1. The summed E-state index contributed by atoms with van der Waals surface area (Å²) < 4.78 is 31.8. The van der Waals surface area contributed by atoms with Crippen LogP contribution in [0.15, 0.2) is 29.8 Å². The standard InChI is InChI=1S/C19H26NO.CH4O4S/c1-19(2)16-10-11-17(19)18(21)15(16)12-13-6-8-14(9-7-13)20(3,4)5;1-5-6(2,3)4/h6-9,12,16-17H,10-11H2,1-5H3;1H3,(H,2,3,4)/q+1;/p-1/b15-12-;. The van der Waals surface area contributed by atoms with Gasteiger partial charge in [0.25, 0.3) is 0 Å². The Morgan fingerprint density at radius 2 is 1.59 bits per heavy atom. The van der Waals surface area contributed by atoms with E-state index in [2.05, 4.69) is 69.5 Å². The van der Waals surface area contributed by atoms with E-state index in [0.717, 1.165) is 29.2 Å². The zero-order chi connectivity index (χ0) is 20.6. The Kier molecular flexibility index (Phi) is 6.02. The molecule has 2 unspecified atom stereocenters. The molecule has 0 radical (unpaired) electrons. The Balaban J connectivity index is 0.000000380. The van der Waals surface area contributed by atoms with Crippen molar-refractivity contribution in [2.75, 3.05) is 28.3 Å². The maximum Gasteiger partial charge on any atom is 0.217 e. The molecule has 2 aliphatic rings. The molecule has 2 bridgehead atoms. The third-order valence-electron chi connectivity index (χ3n) is 5.71. The van der Waals surface area contributed by atoms with Crippen molar-refractivity contribution in [3.8, 4) is 0 Å². The molecule has 27 heavy (non-hydrogen) atoms. The van der Waals surface area contributed by atoms with E-state index in [1.165, 1.54) is 12.1 Å². The summed E-state index contributed by atoms with van der Waals surface area (Å²) in [5.74, 6) is 1.10. The second-order valence-electron chi connectivity index (χ2n) is 8.65. The molecule has 0 aliphatic heterocycles. The number of benzene rings is 1. The molecule has 1 aromatic carbocycles. The molecule has 0 saturated heterocycles. The molecule has 2 fully saturated rings. The lowest BCUT2D eigenvalue weighted by Crippen LogP contribution is -2.34. The van der Waals surface area contributed by atoms with Crippen LogP contribution in [0.1, 0.15) is 32.3 Å². The minimum absolute atomic E-state index is 0.158. The molecule has 7 heteroatoms. The van der Waals surface area contributed by atoms with Gasteiger partial charge in [0, 0.05) is 5.92 Å². The van der Waals surface area contributed by atoms with Crippen molar-refractivity contribution >= 4 is 27.9 Å². The third-order valence-corrected chi connectivity index (χ3v) is 6.12. The second kappa shape index (κ2) is 7.47. The van der Waals surface area contributed by atoms with E-state index in [-0.39, 0.29) is 11.3 Å².